The predicted molar refractivity (Wildman–Crippen MR) is 99.7 cm³/mol. The Morgan fingerprint density at radius 2 is 1.43 bits per heavy atom. The molecule has 0 aromatic heterocycles. The summed E-state index contributed by atoms with van der Waals surface area (Å²) in [6.07, 6.45) is 26.3. The smallest absolute Gasteiger partial charge is 0.0876 e. The van der Waals surface area contributed by atoms with Crippen LogP contribution in [0.3, 0.4) is 0 Å². The van der Waals surface area contributed by atoms with Gasteiger partial charge in [0, 0.05) is 6.61 Å². The summed E-state index contributed by atoms with van der Waals surface area (Å²) in [5.74, 6) is 0. The molecular formula is C21H38O2. The molecule has 1 N–H and O–H groups in total. The summed E-state index contributed by atoms with van der Waals surface area (Å²) in [4.78, 5) is 0. The molecule has 2 heteroatoms. The topological polar surface area (TPSA) is 32.8 Å². The molecule has 1 rings (SSSR count). The molecule has 0 spiro atoms. The van der Waals surface area contributed by atoms with Crippen LogP contribution in [0, 0.1) is 0 Å². The molecule has 0 aromatic carbocycles. The fraction of sp³-hybridized carbons (Fsp3) is 0.810. The monoisotopic (exact) mass is 322 g/mol. The van der Waals surface area contributed by atoms with Crippen molar-refractivity contribution in [1.82, 2.24) is 0 Å². The van der Waals surface area contributed by atoms with Crippen LogP contribution in [0.1, 0.15) is 90.4 Å². The number of rotatable bonds is 16. The Morgan fingerprint density at radius 3 is 2.13 bits per heavy atom. The van der Waals surface area contributed by atoms with E-state index in [0.29, 0.717) is 12.2 Å². The zero-order valence-electron chi connectivity index (χ0n) is 15.2. The van der Waals surface area contributed by atoms with E-state index in [0.717, 1.165) is 19.3 Å². The van der Waals surface area contributed by atoms with E-state index in [-0.39, 0.29) is 6.61 Å². The SMILES string of the molecule is CCCCCCCCCCC[C@H]1O[C@H]1C/C=C\C/C=C\CCO. The zero-order chi connectivity index (χ0) is 16.6. The Kier molecular flexibility index (Phi) is 13.3. The lowest BCUT2D eigenvalue weighted by atomic mass is 10.0. The summed E-state index contributed by atoms with van der Waals surface area (Å²) in [5, 5.41) is 8.66. The van der Waals surface area contributed by atoms with E-state index in [2.05, 4.69) is 25.2 Å². The van der Waals surface area contributed by atoms with E-state index < -0.39 is 0 Å². The van der Waals surface area contributed by atoms with Crippen LogP contribution in [0.15, 0.2) is 24.3 Å². The molecule has 1 fully saturated rings. The van der Waals surface area contributed by atoms with Gasteiger partial charge in [-0.25, -0.2) is 0 Å². The number of aliphatic hydroxyl groups excluding tert-OH is 1. The second-order valence-electron chi connectivity index (χ2n) is 6.76. The van der Waals surface area contributed by atoms with Gasteiger partial charge in [0.15, 0.2) is 0 Å². The maximum atomic E-state index is 8.66. The summed E-state index contributed by atoms with van der Waals surface area (Å²) in [6.45, 7) is 2.52. The van der Waals surface area contributed by atoms with E-state index in [4.69, 9.17) is 9.84 Å². The highest BCUT2D eigenvalue weighted by Crippen LogP contribution is 2.30. The first kappa shape index (κ1) is 20.4. The minimum atomic E-state index is 0.247. The van der Waals surface area contributed by atoms with Crippen LogP contribution < -0.4 is 0 Å². The third kappa shape index (κ3) is 12.5. The molecule has 0 radical (unpaired) electrons. The molecule has 0 amide bonds. The molecule has 1 aliphatic heterocycles. The van der Waals surface area contributed by atoms with Crippen molar-refractivity contribution >= 4 is 0 Å². The molecule has 0 bridgehead atoms. The first-order valence-corrected chi connectivity index (χ1v) is 9.94. The van der Waals surface area contributed by atoms with E-state index in [1.54, 1.807) is 0 Å². The highest BCUT2D eigenvalue weighted by molar-refractivity contribution is 4.97. The number of aliphatic hydroxyl groups is 1. The number of hydrogen-bond acceptors (Lipinski definition) is 2. The lowest BCUT2D eigenvalue weighted by molar-refractivity contribution is 0.302. The first-order chi connectivity index (χ1) is 11.4. The van der Waals surface area contributed by atoms with Gasteiger partial charge < -0.3 is 9.84 Å². The quantitative estimate of drug-likeness (QED) is 0.216. The van der Waals surface area contributed by atoms with Gasteiger partial charge in [-0.15, -0.1) is 0 Å². The van der Waals surface area contributed by atoms with Gasteiger partial charge in [0.1, 0.15) is 0 Å². The lowest BCUT2D eigenvalue weighted by Crippen LogP contribution is -1.93. The Hall–Kier alpha value is -0.600. The van der Waals surface area contributed by atoms with Gasteiger partial charge in [-0.2, -0.15) is 0 Å². The summed E-state index contributed by atoms with van der Waals surface area (Å²) in [7, 11) is 0. The van der Waals surface area contributed by atoms with Crippen molar-refractivity contribution in [2.75, 3.05) is 6.61 Å². The van der Waals surface area contributed by atoms with Crippen LogP contribution >= 0.6 is 0 Å². The van der Waals surface area contributed by atoms with E-state index in [1.807, 2.05) is 6.08 Å². The molecule has 2 nitrogen and oxygen atoms in total. The van der Waals surface area contributed by atoms with Crippen LogP contribution in [0.2, 0.25) is 0 Å². The Bertz CT molecular complexity index is 309. The van der Waals surface area contributed by atoms with Gasteiger partial charge in [0.05, 0.1) is 12.2 Å². The van der Waals surface area contributed by atoms with Crippen LogP contribution in [-0.2, 0) is 4.74 Å². The van der Waals surface area contributed by atoms with E-state index in [9.17, 15) is 0 Å². The van der Waals surface area contributed by atoms with Gasteiger partial charge in [0.2, 0.25) is 0 Å². The minimum absolute atomic E-state index is 0.247. The van der Waals surface area contributed by atoms with Gasteiger partial charge in [-0.1, -0.05) is 89.0 Å². The van der Waals surface area contributed by atoms with E-state index in [1.165, 1.54) is 64.2 Å². The Morgan fingerprint density at radius 1 is 0.783 bits per heavy atom. The van der Waals surface area contributed by atoms with Crippen molar-refractivity contribution in [2.45, 2.75) is 103 Å². The molecule has 1 heterocycles. The molecule has 2 atom stereocenters. The molecule has 0 aromatic rings. The third-order valence-corrected chi connectivity index (χ3v) is 4.55. The summed E-state index contributed by atoms with van der Waals surface area (Å²) in [6, 6.07) is 0. The predicted octanol–water partition coefficient (Wildman–Crippen LogP) is 5.95. The number of hydrogen-bond donors (Lipinski definition) is 1. The Labute approximate surface area is 144 Å². The van der Waals surface area contributed by atoms with Gasteiger partial charge in [-0.05, 0) is 25.7 Å². The van der Waals surface area contributed by atoms with Crippen molar-refractivity contribution in [3.05, 3.63) is 24.3 Å². The van der Waals surface area contributed by atoms with Gasteiger partial charge in [0.25, 0.3) is 0 Å². The number of ether oxygens (including phenoxy) is 1. The molecule has 23 heavy (non-hydrogen) atoms. The van der Waals surface area contributed by atoms with Crippen molar-refractivity contribution in [1.29, 1.82) is 0 Å². The fourth-order valence-electron chi connectivity index (χ4n) is 2.99. The maximum absolute atomic E-state index is 8.66. The standard InChI is InChI=1S/C21H38O2/c1-2-3-4-5-6-7-8-11-14-17-20-21(23-20)18-15-12-9-10-13-16-19-22/h10,12-13,15,20-22H,2-9,11,14,16-19H2,1H3/b13-10-,15-12-/t20-,21+/m1/s1. The molecule has 0 saturated carbocycles. The van der Waals surface area contributed by atoms with Crippen LogP contribution in [0.4, 0.5) is 0 Å². The normalized spacial score (nSPS) is 20.8. The Balaban J connectivity index is 1.81. The fourth-order valence-corrected chi connectivity index (χ4v) is 2.99. The summed E-state index contributed by atoms with van der Waals surface area (Å²) in [5.41, 5.74) is 0. The van der Waals surface area contributed by atoms with Crippen molar-refractivity contribution in [3.8, 4) is 0 Å². The number of unbranched alkanes of at least 4 members (excludes halogenated alkanes) is 8. The lowest BCUT2D eigenvalue weighted by Gasteiger charge is -2.01. The molecule has 1 aliphatic rings. The van der Waals surface area contributed by atoms with Crippen molar-refractivity contribution in [2.24, 2.45) is 0 Å². The molecular weight excluding hydrogens is 284 g/mol. The number of allylic oxidation sites excluding steroid dienone is 2. The molecule has 0 aliphatic carbocycles. The second-order valence-corrected chi connectivity index (χ2v) is 6.76. The van der Waals surface area contributed by atoms with Crippen LogP contribution in [-0.4, -0.2) is 23.9 Å². The first-order valence-electron chi connectivity index (χ1n) is 9.94. The highest BCUT2D eigenvalue weighted by Gasteiger charge is 2.36. The molecule has 134 valence electrons. The highest BCUT2D eigenvalue weighted by atomic mass is 16.6. The van der Waals surface area contributed by atoms with Gasteiger partial charge in [-0.3, -0.25) is 0 Å². The largest absolute Gasteiger partial charge is 0.396 e. The van der Waals surface area contributed by atoms with Crippen molar-refractivity contribution < 1.29 is 9.84 Å². The second kappa shape index (κ2) is 15.0. The van der Waals surface area contributed by atoms with Gasteiger partial charge >= 0.3 is 0 Å². The van der Waals surface area contributed by atoms with Crippen molar-refractivity contribution in [3.63, 3.8) is 0 Å². The van der Waals surface area contributed by atoms with Crippen LogP contribution in [0.25, 0.3) is 0 Å². The molecule has 0 unspecified atom stereocenters. The molecule has 1 saturated heterocycles. The third-order valence-electron chi connectivity index (χ3n) is 4.55. The minimum Gasteiger partial charge on any atom is -0.396 e. The van der Waals surface area contributed by atoms with E-state index >= 15 is 0 Å². The summed E-state index contributed by atoms with van der Waals surface area (Å²) < 4.78 is 5.73. The van der Waals surface area contributed by atoms with Crippen LogP contribution in [0.5, 0.6) is 0 Å². The summed E-state index contributed by atoms with van der Waals surface area (Å²) >= 11 is 0. The zero-order valence-corrected chi connectivity index (χ0v) is 15.2. The maximum Gasteiger partial charge on any atom is 0.0876 e. The average Bonchev–Trinajstić information content (AvgIpc) is 3.31. The number of epoxide rings is 1. The average molecular weight is 323 g/mol.